The van der Waals surface area contributed by atoms with Crippen LogP contribution in [0.5, 0.6) is 5.75 Å². The number of rotatable bonds is 10. The van der Waals surface area contributed by atoms with E-state index < -0.39 is 0 Å². The van der Waals surface area contributed by atoms with E-state index in [1.54, 1.807) is 7.11 Å². The van der Waals surface area contributed by atoms with E-state index in [1.807, 2.05) is 31.2 Å². The lowest BCUT2D eigenvalue weighted by Gasteiger charge is -2.12. The summed E-state index contributed by atoms with van der Waals surface area (Å²) in [6.45, 7) is 4.98. The van der Waals surface area contributed by atoms with Gasteiger partial charge in [0.05, 0.1) is 7.11 Å². The van der Waals surface area contributed by atoms with Crippen molar-refractivity contribution in [1.29, 1.82) is 0 Å². The number of fused-ring (bicyclic) bond motifs is 1. The minimum atomic E-state index is -0.119. The van der Waals surface area contributed by atoms with Crippen LogP contribution >= 0.6 is 24.0 Å². The van der Waals surface area contributed by atoms with Gasteiger partial charge in [0.15, 0.2) is 5.96 Å². The standard InChI is InChI=1S/C24H31N5O2.HI/c1-3-25-24(26-14-6-15-29-16-13-20-7-4-5-8-22(20)29)28-18-23(30)27-17-19-9-11-21(31-2)12-10-19;/h4-5,7-13,16H,3,6,14-15,17-18H2,1-2H3,(H,27,30)(H2,25,26,28);1H. The molecule has 0 aliphatic heterocycles. The maximum atomic E-state index is 12.2. The molecule has 3 rings (SSSR count). The van der Waals surface area contributed by atoms with Crippen molar-refractivity contribution in [2.45, 2.75) is 26.4 Å². The van der Waals surface area contributed by atoms with Crippen molar-refractivity contribution < 1.29 is 9.53 Å². The molecule has 7 nitrogen and oxygen atoms in total. The highest BCUT2D eigenvalue weighted by molar-refractivity contribution is 14.0. The summed E-state index contributed by atoms with van der Waals surface area (Å²) in [5, 5.41) is 10.6. The molecule has 3 N–H and O–H groups in total. The Morgan fingerprint density at radius 3 is 2.56 bits per heavy atom. The number of methoxy groups -OCH3 is 1. The lowest BCUT2D eigenvalue weighted by Crippen LogP contribution is -2.39. The number of ether oxygens (including phenoxy) is 1. The number of hydrogen-bond donors (Lipinski definition) is 3. The Morgan fingerprint density at radius 2 is 1.81 bits per heavy atom. The number of guanidine groups is 1. The Hall–Kier alpha value is -2.75. The molecule has 0 saturated heterocycles. The van der Waals surface area contributed by atoms with Crippen molar-refractivity contribution in [1.82, 2.24) is 20.5 Å². The van der Waals surface area contributed by atoms with Gasteiger partial charge < -0.3 is 25.3 Å². The molecule has 0 saturated carbocycles. The summed E-state index contributed by atoms with van der Waals surface area (Å²) in [6.07, 6.45) is 3.07. The molecule has 1 amide bonds. The number of aryl methyl sites for hydroxylation is 1. The normalized spacial score (nSPS) is 11.0. The smallest absolute Gasteiger partial charge is 0.242 e. The van der Waals surface area contributed by atoms with E-state index >= 15 is 0 Å². The first-order valence-corrected chi connectivity index (χ1v) is 10.6. The second-order valence-electron chi connectivity index (χ2n) is 7.17. The Kier molecular flexibility index (Phi) is 10.9. The van der Waals surface area contributed by atoms with Crippen molar-refractivity contribution in [2.75, 3.05) is 26.7 Å². The summed E-state index contributed by atoms with van der Waals surface area (Å²) in [5.74, 6) is 1.33. The van der Waals surface area contributed by atoms with Crippen LogP contribution in [0.4, 0.5) is 0 Å². The molecule has 32 heavy (non-hydrogen) atoms. The van der Waals surface area contributed by atoms with E-state index in [4.69, 9.17) is 4.74 Å². The van der Waals surface area contributed by atoms with E-state index in [-0.39, 0.29) is 36.4 Å². The lowest BCUT2D eigenvalue weighted by molar-refractivity contribution is -0.119. The first kappa shape index (κ1) is 25.5. The lowest BCUT2D eigenvalue weighted by atomic mass is 10.2. The number of carbonyl (C=O) groups excluding carboxylic acids is 1. The predicted molar refractivity (Wildman–Crippen MR) is 141 cm³/mol. The fourth-order valence-corrected chi connectivity index (χ4v) is 3.28. The van der Waals surface area contributed by atoms with Crippen LogP contribution < -0.4 is 20.7 Å². The molecule has 0 spiro atoms. The van der Waals surface area contributed by atoms with Gasteiger partial charge in [-0.2, -0.15) is 0 Å². The molecular weight excluding hydrogens is 517 g/mol. The van der Waals surface area contributed by atoms with Gasteiger partial charge in [-0.15, -0.1) is 24.0 Å². The topological polar surface area (TPSA) is 79.7 Å². The number of hydrogen-bond acceptors (Lipinski definition) is 3. The van der Waals surface area contributed by atoms with Gasteiger partial charge >= 0.3 is 0 Å². The molecule has 0 aliphatic rings. The van der Waals surface area contributed by atoms with Crippen molar-refractivity contribution >= 4 is 46.7 Å². The van der Waals surface area contributed by atoms with E-state index in [1.165, 1.54) is 10.9 Å². The highest BCUT2D eigenvalue weighted by atomic mass is 127. The third-order valence-corrected chi connectivity index (χ3v) is 4.92. The molecule has 0 unspecified atom stereocenters. The third kappa shape index (κ3) is 7.74. The molecule has 0 aliphatic carbocycles. The van der Waals surface area contributed by atoms with Gasteiger partial charge in [-0.3, -0.25) is 4.79 Å². The van der Waals surface area contributed by atoms with Gasteiger partial charge in [0.25, 0.3) is 0 Å². The highest BCUT2D eigenvalue weighted by Crippen LogP contribution is 2.15. The Bertz CT molecular complexity index is 1000. The van der Waals surface area contributed by atoms with E-state index in [2.05, 4.69) is 62.0 Å². The van der Waals surface area contributed by atoms with E-state index in [9.17, 15) is 4.79 Å². The second-order valence-corrected chi connectivity index (χ2v) is 7.17. The zero-order chi connectivity index (χ0) is 21.9. The average Bonchev–Trinajstić information content (AvgIpc) is 3.22. The maximum absolute atomic E-state index is 12.2. The molecule has 172 valence electrons. The molecule has 3 aromatic rings. The van der Waals surface area contributed by atoms with E-state index in [0.717, 1.165) is 37.4 Å². The Morgan fingerprint density at radius 1 is 1.03 bits per heavy atom. The molecular formula is C24H32IN5O2. The summed E-state index contributed by atoms with van der Waals surface area (Å²) in [5.41, 5.74) is 2.26. The molecule has 0 atom stereocenters. The predicted octanol–water partition coefficient (Wildman–Crippen LogP) is 3.53. The van der Waals surface area contributed by atoms with Gasteiger partial charge in [-0.1, -0.05) is 30.3 Å². The fraction of sp³-hybridized carbons (Fsp3) is 0.333. The number of amides is 1. The first-order chi connectivity index (χ1) is 15.2. The number of halogens is 1. The van der Waals surface area contributed by atoms with Crippen LogP contribution in [0, 0.1) is 0 Å². The van der Waals surface area contributed by atoms with E-state index in [0.29, 0.717) is 12.5 Å². The third-order valence-electron chi connectivity index (χ3n) is 4.92. The Balaban J connectivity index is 0.00000363. The summed E-state index contributed by atoms with van der Waals surface area (Å²) in [6, 6.07) is 18.1. The number of benzene rings is 2. The number of nitrogens with zero attached hydrogens (tertiary/aromatic N) is 2. The summed E-state index contributed by atoms with van der Waals surface area (Å²) >= 11 is 0. The quantitative estimate of drug-likeness (QED) is 0.157. The Labute approximate surface area is 206 Å². The van der Waals surface area contributed by atoms with Crippen LogP contribution in [0.25, 0.3) is 10.9 Å². The molecule has 8 heteroatoms. The average molecular weight is 549 g/mol. The molecule has 1 aromatic heterocycles. The van der Waals surface area contributed by atoms with Crippen LogP contribution in [0.15, 0.2) is 65.8 Å². The van der Waals surface area contributed by atoms with Crippen LogP contribution in [-0.4, -0.2) is 43.2 Å². The van der Waals surface area contributed by atoms with Gasteiger partial charge in [0.1, 0.15) is 12.3 Å². The van der Waals surface area contributed by atoms with Crippen LogP contribution in [-0.2, 0) is 17.9 Å². The van der Waals surface area contributed by atoms with Crippen LogP contribution in [0.2, 0.25) is 0 Å². The first-order valence-electron chi connectivity index (χ1n) is 10.6. The monoisotopic (exact) mass is 549 g/mol. The van der Waals surface area contributed by atoms with Gasteiger partial charge in [-0.25, -0.2) is 4.99 Å². The molecule has 2 aromatic carbocycles. The SMILES string of the molecule is CCNC(=NCC(=O)NCc1ccc(OC)cc1)NCCCn1ccc2ccccc21.I. The number of para-hydroxylation sites is 1. The highest BCUT2D eigenvalue weighted by Gasteiger charge is 2.04. The van der Waals surface area contributed by atoms with Crippen molar-refractivity contribution in [3.8, 4) is 5.75 Å². The molecule has 0 radical (unpaired) electrons. The second kappa shape index (κ2) is 13.6. The zero-order valence-electron chi connectivity index (χ0n) is 18.6. The molecule has 1 heterocycles. The zero-order valence-corrected chi connectivity index (χ0v) is 21.0. The number of carbonyl (C=O) groups is 1. The van der Waals surface area contributed by atoms with Gasteiger partial charge in [0, 0.05) is 37.9 Å². The summed E-state index contributed by atoms with van der Waals surface area (Å²) in [7, 11) is 1.63. The minimum Gasteiger partial charge on any atom is -0.497 e. The van der Waals surface area contributed by atoms with Crippen LogP contribution in [0.1, 0.15) is 18.9 Å². The summed E-state index contributed by atoms with van der Waals surface area (Å²) < 4.78 is 7.40. The fourth-order valence-electron chi connectivity index (χ4n) is 3.28. The van der Waals surface area contributed by atoms with Gasteiger partial charge in [0.2, 0.25) is 5.91 Å². The summed E-state index contributed by atoms with van der Waals surface area (Å²) in [4.78, 5) is 16.5. The minimum absolute atomic E-state index is 0. The van der Waals surface area contributed by atoms with Crippen molar-refractivity contribution in [3.05, 3.63) is 66.4 Å². The molecule has 0 fully saturated rings. The van der Waals surface area contributed by atoms with Crippen molar-refractivity contribution in [2.24, 2.45) is 4.99 Å². The van der Waals surface area contributed by atoms with Gasteiger partial charge in [-0.05, 0) is 48.6 Å². The maximum Gasteiger partial charge on any atom is 0.242 e. The van der Waals surface area contributed by atoms with Crippen molar-refractivity contribution in [3.63, 3.8) is 0 Å². The number of aromatic nitrogens is 1. The number of aliphatic imine (C=N–C) groups is 1. The number of nitrogens with one attached hydrogen (secondary N) is 3. The molecule has 0 bridgehead atoms. The largest absolute Gasteiger partial charge is 0.497 e. The van der Waals surface area contributed by atoms with Crippen LogP contribution in [0.3, 0.4) is 0 Å².